The Morgan fingerprint density at radius 2 is 2.26 bits per heavy atom. The fourth-order valence-corrected chi connectivity index (χ4v) is 3.56. The molecule has 2 aliphatic carbocycles. The summed E-state index contributed by atoms with van der Waals surface area (Å²) in [4.78, 5) is 29.1. The average molecular weight is 263 g/mol. The number of aromatic carboxylic acids is 1. The zero-order chi connectivity index (χ0) is 13.4. The number of aromatic nitrogens is 2. The van der Waals surface area contributed by atoms with Crippen molar-refractivity contribution in [1.29, 1.82) is 0 Å². The van der Waals surface area contributed by atoms with Crippen molar-refractivity contribution in [1.82, 2.24) is 15.3 Å². The van der Waals surface area contributed by atoms with E-state index in [1.165, 1.54) is 32.0 Å². The fourth-order valence-electron chi connectivity index (χ4n) is 3.56. The van der Waals surface area contributed by atoms with Gasteiger partial charge in [0.25, 0.3) is 5.91 Å². The molecule has 0 radical (unpaired) electrons. The maximum absolute atomic E-state index is 11.9. The van der Waals surface area contributed by atoms with E-state index in [0.717, 1.165) is 11.8 Å². The van der Waals surface area contributed by atoms with Crippen LogP contribution in [0, 0.1) is 17.8 Å². The molecule has 2 fully saturated rings. The number of hydrogen-bond donors (Lipinski definition) is 3. The molecule has 2 aliphatic rings. The largest absolute Gasteiger partial charge is 0.477 e. The third kappa shape index (κ3) is 2.22. The number of H-pyrrole nitrogens is 1. The number of carboxylic acid groups (broad SMARTS) is 1. The summed E-state index contributed by atoms with van der Waals surface area (Å²) >= 11 is 0. The Morgan fingerprint density at radius 1 is 1.42 bits per heavy atom. The van der Waals surface area contributed by atoms with E-state index >= 15 is 0 Å². The molecule has 1 amide bonds. The van der Waals surface area contributed by atoms with Crippen molar-refractivity contribution in [3.05, 3.63) is 17.7 Å². The molecule has 2 saturated carbocycles. The Balaban J connectivity index is 1.59. The summed E-state index contributed by atoms with van der Waals surface area (Å²) in [5.41, 5.74) is -0.180. The summed E-state index contributed by atoms with van der Waals surface area (Å²) in [6.07, 6.45) is 6.32. The van der Waals surface area contributed by atoms with Gasteiger partial charge in [-0.2, -0.15) is 0 Å². The molecule has 3 unspecified atom stereocenters. The molecule has 0 spiro atoms. The highest BCUT2D eigenvalue weighted by Gasteiger charge is 2.39. The Labute approximate surface area is 110 Å². The van der Waals surface area contributed by atoms with Gasteiger partial charge in [0.15, 0.2) is 11.4 Å². The molecule has 6 heteroatoms. The molecule has 0 aromatic carbocycles. The zero-order valence-corrected chi connectivity index (χ0v) is 10.6. The van der Waals surface area contributed by atoms with E-state index in [1.54, 1.807) is 0 Å². The third-order valence-corrected chi connectivity index (χ3v) is 4.48. The van der Waals surface area contributed by atoms with Crippen LogP contribution in [0.15, 0.2) is 6.33 Å². The molecule has 0 aliphatic heterocycles. The highest BCUT2D eigenvalue weighted by atomic mass is 16.4. The lowest BCUT2D eigenvalue weighted by Gasteiger charge is -2.21. The lowest BCUT2D eigenvalue weighted by molar-refractivity contribution is 0.0684. The second-order valence-electron chi connectivity index (χ2n) is 5.58. The average Bonchev–Trinajstić information content (AvgIpc) is 3.10. The number of aromatic amines is 1. The highest BCUT2D eigenvalue weighted by Crippen LogP contribution is 2.47. The standard InChI is InChI=1S/C13H17N3O3/c17-12(10-11(13(18)19)16-6-15-10)14-5-9-4-7-1-2-8(9)3-7/h6-9H,1-5H2,(H,14,17)(H,15,16)(H,18,19). The van der Waals surface area contributed by atoms with E-state index in [0.29, 0.717) is 12.5 Å². The molecular formula is C13H17N3O3. The van der Waals surface area contributed by atoms with E-state index in [2.05, 4.69) is 15.3 Å². The van der Waals surface area contributed by atoms with E-state index < -0.39 is 11.9 Å². The van der Waals surface area contributed by atoms with Crippen molar-refractivity contribution in [2.24, 2.45) is 17.8 Å². The van der Waals surface area contributed by atoms with Gasteiger partial charge < -0.3 is 15.4 Å². The van der Waals surface area contributed by atoms with Crippen LogP contribution in [-0.4, -0.2) is 33.5 Å². The molecule has 0 saturated heterocycles. The summed E-state index contributed by atoms with van der Waals surface area (Å²) in [6, 6.07) is 0. The SMILES string of the molecule is O=C(NCC1CC2CCC1C2)c1nc[nH]c1C(=O)O. The minimum absolute atomic E-state index is 0.0318. The maximum atomic E-state index is 11.9. The van der Waals surface area contributed by atoms with Crippen LogP contribution in [-0.2, 0) is 0 Å². The second-order valence-corrected chi connectivity index (χ2v) is 5.58. The molecule has 3 atom stereocenters. The zero-order valence-electron chi connectivity index (χ0n) is 10.6. The topological polar surface area (TPSA) is 95.1 Å². The van der Waals surface area contributed by atoms with Crippen LogP contribution >= 0.6 is 0 Å². The number of hydrogen-bond acceptors (Lipinski definition) is 3. The van der Waals surface area contributed by atoms with Crippen molar-refractivity contribution < 1.29 is 14.7 Å². The third-order valence-electron chi connectivity index (χ3n) is 4.48. The maximum Gasteiger partial charge on any atom is 0.354 e. The smallest absolute Gasteiger partial charge is 0.354 e. The highest BCUT2D eigenvalue weighted by molar-refractivity contribution is 6.02. The molecule has 1 aromatic heterocycles. The van der Waals surface area contributed by atoms with Crippen molar-refractivity contribution in [3.8, 4) is 0 Å². The number of nitrogens with zero attached hydrogens (tertiary/aromatic N) is 1. The van der Waals surface area contributed by atoms with Crippen LogP contribution in [0.25, 0.3) is 0 Å². The van der Waals surface area contributed by atoms with E-state index in [1.807, 2.05) is 0 Å². The van der Waals surface area contributed by atoms with Gasteiger partial charge in [-0.3, -0.25) is 4.79 Å². The van der Waals surface area contributed by atoms with Crippen LogP contribution in [0.2, 0.25) is 0 Å². The number of carboxylic acids is 1. The summed E-state index contributed by atoms with van der Waals surface area (Å²) in [7, 11) is 0. The Kier molecular flexibility index (Phi) is 3.00. The Morgan fingerprint density at radius 3 is 2.89 bits per heavy atom. The van der Waals surface area contributed by atoms with E-state index in [9.17, 15) is 9.59 Å². The van der Waals surface area contributed by atoms with Gasteiger partial charge in [0.2, 0.25) is 0 Å². The van der Waals surface area contributed by atoms with Crippen molar-refractivity contribution in [2.75, 3.05) is 6.54 Å². The normalized spacial score (nSPS) is 28.5. The predicted molar refractivity (Wildman–Crippen MR) is 66.8 cm³/mol. The molecule has 102 valence electrons. The molecule has 3 N–H and O–H groups in total. The summed E-state index contributed by atoms with van der Waals surface area (Å²) < 4.78 is 0. The van der Waals surface area contributed by atoms with Crippen molar-refractivity contribution >= 4 is 11.9 Å². The fraction of sp³-hybridized carbons (Fsp3) is 0.615. The first-order valence-electron chi connectivity index (χ1n) is 6.70. The van der Waals surface area contributed by atoms with Gasteiger partial charge in [-0.25, -0.2) is 9.78 Å². The van der Waals surface area contributed by atoms with Gasteiger partial charge in [-0.1, -0.05) is 6.42 Å². The molecular weight excluding hydrogens is 246 g/mol. The van der Waals surface area contributed by atoms with Crippen molar-refractivity contribution in [2.45, 2.75) is 25.7 Å². The summed E-state index contributed by atoms with van der Waals surface area (Å²) in [5.74, 6) is 0.564. The summed E-state index contributed by atoms with van der Waals surface area (Å²) in [5, 5.41) is 11.7. The minimum atomic E-state index is -1.16. The molecule has 1 aromatic rings. The van der Waals surface area contributed by atoms with Crippen molar-refractivity contribution in [3.63, 3.8) is 0 Å². The van der Waals surface area contributed by atoms with Gasteiger partial charge in [-0.15, -0.1) is 0 Å². The number of amides is 1. The number of carbonyl (C=O) groups is 2. The number of imidazole rings is 1. The lowest BCUT2D eigenvalue weighted by Crippen LogP contribution is -2.32. The number of nitrogens with one attached hydrogen (secondary N) is 2. The predicted octanol–water partition coefficient (Wildman–Crippen LogP) is 1.27. The van der Waals surface area contributed by atoms with Crippen LogP contribution in [0.1, 0.15) is 46.7 Å². The Hall–Kier alpha value is -1.85. The first-order valence-corrected chi connectivity index (χ1v) is 6.70. The van der Waals surface area contributed by atoms with Crippen LogP contribution in [0.4, 0.5) is 0 Å². The quantitative estimate of drug-likeness (QED) is 0.762. The molecule has 1 heterocycles. The van der Waals surface area contributed by atoms with Gasteiger partial charge in [-0.05, 0) is 37.0 Å². The molecule has 3 rings (SSSR count). The van der Waals surface area contributed by atoms with Gasteiger partial charge in [0, 0.05) is 6.54 Å². The minimum Gasteiger partial charge on any atom is -0.477 e. The lowest BCUT2D eigenvalue weighted by atomic mass is 9.89. The Bertz CT molecular complexity index is 511. The monoisotopic (exact) mass is 263 g/mol. The molecule has 19 heavy (non-hydrogen) atoms. The van der Waals surface area contributed by atoms with Crippen LogP contribution in [0.5, 0.6) is 0 Å². The number of fused-ring (bicyclic) bond motifs is 2. The molecule has 2 bridgehead atoms. The number of carbonyl (C=O) groups excluding carboxylic acids is 1. The number of rotatable bonds is 4. The first-order chi connectivity index (χ1) is 9.15. The van der Waals surface area contributed by atoms with E-state index in [-0.39, 0.29) is 11.4 Å². The van der Waals surface area contributed by atoms with Crippen LogP contribution in [0.3, 0.4) is 0 Å². The van der Waals surface area contributed by atoms with Gasteiger partial charge in [0.1, 0.15) is 0 Å². The van der Waals surface area contributed by atoms with Gasteiger partial charge in [0.05, 0.1) is 6.33 Å². The van der Waals surface area contributed by atoms with E-state index in [4.69, 9.17) is 5.11 Å². The van der Waals surface area contributed by atoms with Gasteiger partial charge >= 0.3 is 5.97 Å². The summed E-state index contributed by atoms with van der Waals surface area (Å²) in [6.45, 7) is 0.631. The first kappa shape index (κ1) is 12.2. The molecule has 6 nitrogen and oxygen atoms in total. The second kappa shape index (κ2) is 4.68. The van der Waals surface area contributed by atoms with Crippen LogP contribution < -0.4 is 5.32 Å².